The van der Waals surface area contributed by atoms with E-state index < -0.39 is 0 Å². The average Bonchev–Trinajstić information content (AvgIpc) is 2.38. The Morgan fingerprint density at radius 1 is 1.00 bits per heavy atom. The second-order valence-electron chi connectivity index (χ2n) is 4.15. The molecule has 0 aliphatic carbocycles. The van der Waals surface area contributed by atoms with Crippen LogP contribution < -0.4 is 5.73 Å². The fourth-order valence-corrected chi connectivity index (χ4v) is 2.17. The van der Waals surface area contributed by atoms with Gasteiger partial charge in [-0.25, -0.2) is 0 Å². The molecule has 2 rings (SSSR count). The molecule has 0 saturated carbocycles. The number of hydrogen-bond acceptors (Lipinski definition) is 1. The highest BCUT2D eigenvalue weighted by atomic mass is 79.9. The molecule has 0 heterocycles. The lowest BCUT2D eigenvalue weighted by Crippen LogP contribution is -2.13. The zero-order valence-corrected chi connectivity index (χ0v) is 11.5. The number of hydrogen-bond donors (Lipinski definition) is 1. The highest BCUT2D eigenvalue weighted by molar-refractivity contribution is 9.10. The van der Waals surface area contributed by atoms with Gasteiger partial charge in [-0.05, 0) is 42.2 Å². The van der Waals surface area contributed by atoms with Gasteiger partial charge in [0.2, 0.25) is 5.91 Å². The first kappa shape index (κ1) is 12.8. The summed E-state index contributed by atoms with van der Waals surface area (Å²) in [6.07, 6.45) is 1.72. The Hall–Kier alpha value is -1.61. The minimum absolute atomic E-state index is 0.360. The van der Waals surface area contributed by atoms with Crippen molar-refractivity contribution in [3.8, 4) is 0 Å². The summed E-state index contributed by atoms with van der Waals surface area (Å²) in [5, 5.41) is 0. The van der Waals surface area contributed by atoms with Gasteiger partial charge in [-0.2, -0.15) is 0 Å². The fourth-order valence-electron chi connectivity index (χ4n) is 1.91. The van der Waals surface area contributed by atoms with E-state index >= 15 is 0 Å². The topological polar surface area (TPSA) is 43.1 Å². The van der Waals surface area contributed by atoms with Crippen LogP contribution in [0.5, 0.6) is 0 Å². The number of primary amides is 1. The summed E-state index contributed by atoms with van der Waals surface area (Å²) in [4.78, 5) is 11.3. The Morgan fingerprint density at radius 2 is 1.67 bits per heavy atom. The summed E-state index contributed by atoms with van der Waals surface area (Å²) in [5.41, 5.74) is 8.23. The molecule has 0 aliphatic heterocycles. The second-order valence-corrected chi connectivity index (χ2v) is 5.06. The van der Waals surface area contributed by atoms with Crippen molar-refractivity contribution in [3.63, 3.8) is 0 Å². The lowest BCUT2D eigenvalue weighted by molar-refractivity contribution is 0.0999. The molecule has 0 aliphatic rings. The lowest BCUT2D eigenvalue weighted by atomic mass is 9.99. The SMILES string of the molecule is NC(=O)c1ccccc1CCc1ccc(Br)cc1. The predicted molar refractivity (Wildman–Crippen MR) is 76.5 cm³/mol. The van der Waals surface area contributed by atoms with Crippen molar-refractivity contribution >= 4 is 21.8 Å². The maximum atomic E-state index is 11.3. The number of rotatable bonds is 4. The summed E-state index contributed by atoms with van der Waals surface area (Å²) in [6.45, 7) is 0. The average molecular weight is 304 g/mol. The van der Waals surface area contributed by atoms with E-state index in [9.17, 15) is 4.79 Å². The quantitative estimate of drug-likeness (QED) is 0.925. The molecular weight excluding hydrogens is 290 g/mol. The van der Waals surface area contributed by atoms with Gasteiger partial charge in [-0.1, -0.05) is 46.3 Å². The number of benzene rings is 2. The molecule has 2 N–H and O–H groups in total. The van der Waals surface area contributed by atoms with E-state index in [1.54, 1.807) is 6.07 Å². The van der Waals surface area contributed by atoms with E-state index in [2.05, 4.69) is 28.1 Å². The van der Waals surface area contributed by atoms with Gasteiger partial charge in [0, 0.05) is 10.0 Å². The van der Waals surface area contributed by atoms with E-state index in [-0.39, 0.29) is 5.91 Å². The van der Waals surface area contributed by atoms with E-state index in [0.717, 1.165) is 22.9 Å². The Bertz CT molecular complexity index is 549. The summed E-state index contributed by atoms with van der Waals surface area (Å²) in [6, 6.07) is 15.7. The molecule has 0 radical (unpaired) electrons. The molecule has 0 bridgehead atoms. The van der Waals surface area contributed by atoms with Gasteiger partial charge < -0.3 is 5.73 Å². The van der Waals surface area contributed by atoms with Crippen molar-refractivity contribution in [2.24, 2.45) is 5.73 Å². The third-order valence-corrected chi connectivity index (χ3v) is 3.41. The molecule has 92 valence electrons. The van der Waals surface area contributed by atoms with Crippen molar-refractivity contribution < 1.29 is 4.79 Å². The molecule has 18 heavy (non-hydrogen) atoms. The van der Waals surface area contributed by atoms with Crippen LogP contribution >= 0.6 is 15.9 Å². The molecule has 3 heteroatoms. The van der Waals surface area contributed by atoms with Crippen LogP contribution in [0.3, 0.4) is 0 Å². The number of carbonyl (C=O) groups is 1. The third-order valence-electron chi connectivity index (χ3n) is 2.88. The molecule has 0 fully saturated rings. The normalized spacial score (nSPS) is 10.3. The van der Waals surface area contributed by atoms with Gasteiger partial charge in [0.25, 0.3) is 0 Å². The van der Waals surface area contributed by atoms with Crippen LogP contribution in [0.15, 0.2) is 53.0 Å². The van der Waals surface area contributed by atoms with Gasteiger partial charge >= 0.3 is 0 Å². The van der Waals surface area contributed by atoms with E-state index in [1.165, 1.54) is 5.56 Å². The largest absolute Gasteiger partial charge is 0.366 e. The summed E-state index contributed by atoms with van der Waals surface area (Å²) >= 11 is 3.41. The lowest BCUT2D eigenvalue weighted by Gasteiger charge is -2.06. The molecule has 0 aromatic heterocycles. The molecule has 0 spiro atoms. The Labute approximate surface area is 115 Å². The monoisotopic (exact) mass is 303 g/mol. The van der Waals surface area contributed by atoms with Gasteiger partial charge in [0.15, 0.2) is 0 Å². The molecule has 2 aromatic rings. The minimum Gasteiger partial charge on any atom is -0.366 e. The Balaban J connectivity index is 2.10. The van der Waals surface area contributed by atoms with Crippen molar-refractivity contribution in [1.29, 1.82) is 0 Å². The van der Waals surface area contributed by atoms with Crippen LogP contribution in [0.2, 0.25) is 0 Å². The first-order valence-corrected chi connectivity index (χ1v) is 6.58. The highest BCUT2D eigenvalue weighted by Crippen LogP contribution is 2.14. The van der Waals surface area contributed by atoms with Gasteiger partial charge in [-0.15, -0.1) is 0 Å². The Kier molecular flexibility index (Phi) is 4.15. The number of nitrogens with two attached hydrogens (primary N) is 1. The van der Waals surface area contributed by atoms with Crippen molar-refractivity contribution in [2.75, 3.05) is 0 Å². The number of amides is 1. The molecule has 1 amide bonds. The van der Waals surface area contributed by atoms with Crippen molar-refractivity contribution in [2.45, 2.75) is 12.8 Å². The third kappa shape index (κ3) is 3.20. The maximum Gasteiger partial charge on any atom is 0.248 e. The minimum atomic E-state index is -0.360. The van der Waals surface area contributed by atoms with Crippen LogP contribution in [0.25, 0.3) is 0 Å². The van der Waals surface area contributed by atoms with E-state index in [4.69, 9.17) is 5.73 Å². The second kappa shape index (κ2) is 5.83. The molecule has 2 aromatic carbocycles. The molecule has 2 nitrogen and oxygen atoms in total. The molecule has 0 unspecified atom stereocenters. The Morgan fingerprint density at radius 3 is 2.33 bits per heavy atom. The maximum absolute atomic E-state index is 11.3. The number of carbonyl (C=O) groups excluding carboxylic acids is 1. The van der Waals surface area contributed by atoms with E-state index in [0.29, 0.717) is 5.56 Å². The molecule has 0 atom stereocenters. The molecule has 0 saturated heterocycles. The van der Waals surface area contributed by atoms with Crippen LogP contribution in [0.1, 0.15) is 21.5 Å². The van der Waals surface area contributed by atoms with Crippen LogP contribution in [-0.2, 0) is 12.8 Å². The van der Waals surface area contributed by atoms with Gasteiger partial charge in [0.05, 0.1) is 0 Å². The zero-order chi connectivity index (χ0) is 13.0. The van der Waals surface area contributed by atoms with Crippen molar-refractivity contribution in [1.82, 2.24) is 0 Å². The van der Waals surface area contributed by atoms with Gasteiger partial charge in [0.1, 0.15) is 0 Å². The zero-order valence-electron chi connectivity index (χ0n) is 9.90. The number of halogens is 1. The van der Waals surface area contributed by atoms with Gasteiger partial charge in [-0.3, -0.25) is 4.79 Å². The first-order chi connectivity index (χ1) is 8.66. The summed E-state index contributed by atoms with van der Waals surface area (Å²) < 4.78 is 1.07. The highest BCUT2D eigenvalue weighted by Gasteiger charge is 2.06. The first-order valence-electron chi connectivity index (χ1n) is 5.79. The van der Waals surface area contributed by atoms with Crippen LogP contribution in [0, 0.1) is 0 Å². The summed E-state index contributed by atoms with van der Waals surface area (Å²) in [5.74, 6) is -0.360. The number of aryl methyl sites for hydroxylation is 2. The van der Waals surface area contributed by atoms with Crippen LogP contribution in [-0.4, -0.2) is 5.91 Å². The van der Waals surface area contributed by atoms with Crippen molar-refractivity contribution in [3.05, 3.63) is 69.7 Å². The smallest absolute Gasteiger partial charge is 0.248 e. The standard InChI is InChI=1S/C15H14BrNO/c16-13-9-6-11(7-10-13)5-8-12-3-1-2-4-14(12)15(17)18/h1-4,6-7,9-10H,5,8H2,(H2,17,18). The predicted octanol–water partition coefficient (Wildman–Crippen LogP) is 3.33. The summed E-state index contributed by atoms with van der Waals surface area (Å²) in [7, 11) is 0. The van der Waals surface area contributed by atoms with E-state index in [1.807, 2.05) is 30.3 Å². The fraction of sp³-hybridized carbons (Fsp3) is 0.133. The van der Waals surface area contributed by atoms with Crippen LogP contribution in [0.4, 0.5) is 0 Å². The molecular formula is C15H14BrNO.